The Hall–Kier alpha value is -2.74. The summed E-state index contributed by atoms with van der Waals surface area (Å²) in [6.07, 6.45) is 2.44. The summed E-state index contributed by atoms with van der Waals surface area (Å²) in [7, 11) is 0. The second-order valence-electron chi connectivity index (χ2n) is 6.80. The van der Waals surface area contributed by atoms with Gasteiger partial charge in [0, 0.05) is 36.3 Å². The molecule has 0 bridgehead atoms. The summed E-state index contributed by atoms with van der Waals surface area (Å²) < 4.78 is 1.81. The van der Waals surface area contributed by atoms with Crippen LogP contribution in [0, 0.1) is 19.8 Å². The fraction of sp³-hybridized carbons (Fsp3) is 0.368. The largest absolute Gasteiger partial charge is 0.355 e. The Morgan fingerprint density at radius 1 is 1.26 bits per heavy atom. The Labute approximate surface area is 162 Å². The van der Waals surface area contributed by atoms with Crippen LogP contribution in [0.4, 0.5) is 5.82 Å². The van der Waals surface area contributed by atoms with Crippen LogP contribution in [0.3, 0.4) is 0 Å². The van der Waals surface area contributed by atoms with E-state index in [4.69, 9.17) is 0 Å². The number of hydrogen-bond acceptors (Lipinski definition) is 6. The third-order valence-electron chi connectivity index (χ3n) is 4.69. The summed E-state index contributed by atoms with van der Waals surface area (Å²) in [6, 6.07) is 8.07. The van der Waals surface area contributed by atoms with Crippen LogP contribution in [0.15, 0.2) is 36.0 Å². The number of amides is 1. The van der Waals surface area contributed by atoms with Crippen LogP contribution in [0.2, 0.25) is 0 Å². The van der Waals surface area contributed by atoms with Crippen LogP contribution in [-0.2, 0) is 11.2 Å². The first-order valence-electron chi connectivity index (χ1n) is 9.01. The van der Waals surface area contributed by atoms with Gasteiger partial charge in [0.2, 0.25) is 5.91 Å². The fourth-order valence-corrected chi connectivity index (χ4v) is 3.94. The van der Waals surface area contributed by atoms with Gasteiger partial charge in [-0.25, -0.2) is 14.6 Å². The van der Waals surface area contributed by atoms with Crippen LogP contribution in [0.25, 0.3) is 5.82 Å². The van der Waals surface area contributed by atoms with Gasteiger partial charge < -0.3 is 10.2 Å². The number of aromatic nitrogens is 4. The highest BCUT2D eigenvalue weighted by molar-refractivity contribution is 7.09. The minimum atomic E-state index is 0.0143. The van der Waals surface area contributed by atoms with Gasteiger partial charge >= 0.3 is 0 Å². The van der Waals surface area contributed by atoms with Crippen molar-refractivity contribution in [1.29, 1.82) is 0 Å². The molecule has 8 heteroatoms. The predicted molar refractivity (Wildman–Crippen MR) is 105 cm³/mol. The molecule has 4 heterocycles. The summed E-state index contributed by atoms with van der Waals surface area (Å²) >= 11 is 1.72. The molecule has 0 aliphatic carbocycles. The first-order valence-corrected chi connectivity index (χ1v) is 9.89. The zero-order valence-electron chi connectivity index (χ0n) is 15.4. The quantitative estimate of drug-likeness (QED) is 0.707. The maximum Gasteiger partial charge on any atom is 0.226 e. The molecule has 3 aromatic rings. The second kappa shape index (κ2) is 7.48. The lowest BCUT2D eigenvalue weighted by Crippen LogP contribution is -2.54. The van der Waals surface area contributed by atoms with E-state index in [2.05, 4.69) is 36.7 Å². The van der Waals surface area contributed by atoms with Crippen molar-refractivity contribution in [3.05, 3.63) is 52.2 Å². The van der Waals surface area contributed by atoms with Gasteiger partial charge in [0.05, 0.1) is 11.6 Å². The number of nitrogens with zero attached hydrogens (tertiary/aromatic N) is 5. The van der Waals surface area contributed by atoms with E-state index in [0.29, 0.717) is 19.6 Å². The van der Waals surface area contributed by atoms with Gasteiger partial charge in [-0.3, -0.25) is 4.79 Å². The molecule has 3 aromatic heterocycles. The Bertz CT molecular complexity index is 930. The third-order valence-corrected chi connectivity index (χ3v) is 5.63. The average Bonchev–Trinajstić information content (AvgIpc) is 3.23. The topological polar surface area (TPSA) is 75.9 Å². The van der Waals surface area contributed by atoms with Gasteiger partial charge in [-0.05, 0) is 37.8 Å². The van der Waals surface area contributed by atoms with Crippen molar-refractivity contribution in [2.45, 2.75) is 20.3 Å². The maximum atomic E-state index is 12.3. The van der Waals surface area contributed by atoms with Crippen LogP contribution < -0.4 is 10.2 Å². The summed E-state index contributed by atoms with van der Waals surface area (Å²) in [5.74, 6) is 1.71. The second-order valence-corrected chi connectivity index (χ2v) is 7.83. The molecule has 1 fully saturated rings. The lowest BCUT2D eigenvalue weighted by Gasteiger charge is -2.39. The molecular formula is C19H22N6OS. The van der Waals surface area contributed by atoms with Crippen LogP contribution in [0.1, 0.15) is 16.3 Å². The Kier molecular flexibility index (Phi) is 4.89. The van der Waals surface area contributed by atoms with Crippen molar-refractivity contribution >= 4 is 23.1 Å². The number of anilines is 1. The van der Waals surface area contributed by atoms with Crippen molar-refractivity contribution in [1.82, 2.24) is 25.1 Å². The highest BCUT2D eigenvalue weighted by Gasteiger charge is 2.33. The van der Waals surface area contributed by atoms with E-state index in [1.807, 2.05) is 36.7 Å². The van der Waals surface area contributed by atoms with E-state index in [0.717, 1.165) is 29.4 Å². The van der Waals surface area contributed by atoms with Crippen molar-refractivity contribution in [3.8, 4) is 5.82 Å². The number of hydrogen-bond donors (Lipinski definition) is 1. The highest BCUT2D eigenvalue weighted by Crippen LogP contribution is 2.24. The summed E-state index contributed by atoms with van der Waals surface area (Å²) in [5.41, 5.74) is 1.99. The number of carbonyl (C=O) groups excluding carboxylic acids is 1. The lowest BCUT2D eigenvalue weighted by atomic mass is 9.99. The molecule has 0 radical (unpaired) electrons. The molecule has 1 saturated heterocycles. The predicted octanol–water partition coefficient (Wildman–Crippen LogP) is 2.14. The monoisotopic (exact) mass is 382 g/mol. The maximum absolute atomic E-state index is 12.3. The zero-order chi connectivity index (χ0) is 18.8. The highest BCUT2D eigenvalue weighted by atomic mass is 32.1. The van der Waals surface area contributed by atoms with Crippen molar-refractivity contribution < 1.29 is 4.79 Å². The minimum Gasteiger partial charge on any atom is -0.355 e. The molecule has 0 aromatic carbocycles. The van der Waals surface area contributed by atoms with E-state index in [1.54, 1.807) is 17.7 Å². The first kappa shape index (κ1) is 17.7. The van der Waals surface area contributed by atoms with E-state index in [-0.39, 0.29) is 11.8 Å². The summed E-state index contributed by atoms with van der Waals surface area (Å²) in [5, 5.41) is 9.56. The fourth-order valence-electron chi connectivity index (χ4n) is 3.23. The van der Waals surface area contributed by atoms with E-state index in [1.165, 1.54) is 4.88 Å². The molecule has 1 amide bonds. The minimum absolute atomic E-state index is 0.0143. The van der Waals surface area contributed by atoms with Crippen LogP contribution in [0.5, 0.6) is 0 Å². The molecule has 1 aliphatic rings. The van der Waals surface area contributed by atoms with Crippen LogP contribution >= 0.6 is 11.3 Å². The van der Waals surface area contributed by atoms with Gasteiger partial charge in [0.1, 0.15) is 12.1 Å². The Morgan fingerprint density at radius 2 is 2.07 bits per heavy atom. The van der Waals surface area contributed by atoms with Crippen molar-refractivity contribution in [2.24, 2.45) is 5.92 Å². The number of nitrogens with one attached hydrogen (secondary N) is 1. The molecule has 0 unspecified atom stereocenters. The smallest absolute Gasteiger partial charge is 0.226 e. The molecule has 1 N–H and O–H groups in total. The molecule has 7 nitrogen and oxygen atoms in total. The standard InChI is InChI=1S/C19H22N6OS/c1-13-8-14(2)25(23-13)18-9-17(21-12-22-18)24-10-15(11-24)19(26)20-6-5-16-4-3-7-27-16/h3-4,7-9,12,15H,5-6,10-11H2,1-2H3,(H,20,26). The molecule has 0 spiro atoms. The van der Waals surface area contributed by atoms with Gasteiger partial charge in [-0.15, -0.1) is 11.3 Å². The van der Waals surface area contributed by atoms with Crippen LogP contribution in [-0.4, -0.2) is 45.3 Å². The Morgan fingerprint density at radius 3 is 2.78 bits per heavy atom. The summed E-state index contributed by atoms with van der Waals surface area (Å²) in [4.78, 5) is 24.4. The average molecular weight is 382 g/mol. The molecule has 4 rings (SSSR count). The normalized spacial score (nSPS) is 14.2. The molecule has 1 aliphatic heterocycles. The van der Waals surface area contributed by atoms with E-state index >= 15 is 0 Å². The number of carbonyl (C=O) groups is 1. The Balaban J connectivity index is 1.32. The number of thiophene rings is 1. The number of rotatable bonds is 6. The van der Waals surface area contributed by atoms with Gasteiger partial charge in [0.25, 0.3) is 0 Å². The SMILES string of the molecule is Cc1cc(C)n(-c2cc(N3CC(C(=O)NCCc4cccs4)C3)ncn2)n1. The zero-order valence-corrected chi connectivity index (χ0v) is 16.2. The van der Waals surface area contributed by atoms with E-state index < -0.39 is 0 Å². The third kappa shape index (κ3) is 3.85. The van der Waals surface area contributed by atoms with Gasteiger partial charge in [0.15, 0.2) is 5.82 Å². The molecule has 0 saturated carbocycles. The van der Waals surface area contributed by atoms with E-state index in [9.17, 15) is 4.79 Å². The molecule has 140 valence electrons. The summed E-state index contributed by atoms with van der Waals surface area (Å²) in [6.45, 7) is 6.01. The van der Waals surface area contributed by atoms with Gasteiger partial charge in [-0.1, -0.05) is 6.07 Å². The van der Waals surface area contributed by atoms with Crippen molar-refractivity contribution in [2.75, 3.05) is 24.5 Å². The molecule has 0 atom stereocenters. The van der Waals surface area contributed by atoms with Gasteiger partial charge in [-0.2, -0.15) is 5.10 Å². The lowest BCUT2D eigenvalue weighted by molar-refractivity contribution is -0.125. The first-order chi connectivity index (χ1) is 13.1. The molecule has 27 heavy (non-hydrogen) atoms. The number of aryl methyl sites for hydroxylation is 2. The van der Waals surface area contributed by atoms with Crippen molar-refractivity contribution in [3.63, 3.8) is 0 Å². The molecular weight excluding hydrogens is 360 g/mol.